The first kappa shape index (κ1) is 10.1. The largest absolute Gasteiger partial charge is 0.397 e. The Balaban J connectivity index is 1.99. The molecular formula is C13H13N3O. The zero-order valence-electron chi connectivity index (χ0n) is 9.31. The second-order valence-electron chi connectivity index (χ2n) is 4.36. The highest BCUT2D eigenvalue weighted by atomic mass is 16.2. The van der Waals surface area contributed by atoms with Gasteiger partial charge in [-0.2, -0.15) is 0 Å². The van der Waals surface area contributed by atoms with Crippen LogP contribution >= 0.6 is 0 Å². The number of pyridine rings is 1. The van der Waals surface area contributed by atoms with Gasteiger partial charge in [0, 0.05) is 11.4 Å². The van der Waals surface area contributed by atoms with Crippen LogP contribution in [0.25, 0.3) is 10.9 Å². The van der Waals surface area contributed by atoms with Crippen LogP contribution in [0.15, 0.2) is 30.3 Å². The molecule has 1 aliphatic rings. The lowest BCUT2D eigenvalue weighted by atomic mass is 10.1. The Labute approximate surface area is 98.8 Å². The van der Waals surface area contributed by atoms with E-state index in [2.05, 4.69) is 10.3 Å². The second-order valence-corrected chi connectivity index (χ2v) is 4.36. The van der Waals surface area contributed by atoms with E-state index in [-0.39, 0.29) is 5.91 Å². The lowest BCUT2D eigenvalue weighted by molar-refractivity contribution is 0.0946. The maximum atomic E-state index is 11.8. The van der Waals surface area contributed by atoms with Gasteiger partial charge in [-0.25, -0.2) is 4.98 Å². The summed E-state index contributed by atoms with van der Waals surface area (Å²) in [5.74, 6) is -0.113. The molecule has 0 saturated heterocycles. The first-order valence-corrected chi connectivity index (χ1v) is 5.70. The van der Waals surface area contributed by atoms with Gasteiger partial charge in [-0.3, -0.25) is 4.79 Å². The number of anilines is 1. The van der Waals surface area contributed by atoms with Crippen molar-refractivity contribution >= 4 is 22.5 Å². The van der Waals surface area contributed by atoms with Crippen LogP contribution in [-0.4, -0.2) is 16.9 Å². The molecule has 0 bridgehead atoms. The normalized spacial score (nSPS) is 14.8. The van der Waals surface area contributed by atoms with Gasteiger partial charge < -0.3 is 11.1 Å². The third-order valence-corrected chi connectivity index (χ3v) is 2.90. The van der Waals surface area contributed by atoms with Gasteiger partial charge in [0.05, 0.1) is 11.2 Å². The van der Waals surface area contributed by atoms with Gasteiger partial charge in [-0.1, -0.05) is 18.2 Å². The number of nitrogens with two attached hydrogens (primary N) is 1. The first-order valence-electron chi connectivity index (χ1n) is 5.70. The lowest BCUT2D eigenvalue weighted by Gasteiger charge is -2.05. The summed E-state index contributed by atoms with van der Waals surface area (Å²) < 4.78 is 0. The molecule has 1 aromatic carbocycles. The Morgan fingerprint density at radius 3 is 2.88 bits per heavy atom. The number of benzene rings is 1. The SMILES string of the molecule is Nc1cccc2ccc(C(=O)NC3CC3)nc12. The fraction of sp³-hybridized carbons (Fsp3) is 0.231. The van der Waals surface area contributed by atoms with Crippen LogP contribution < -0.4 is 11.1 Å². The highest BCUT2D eigenvalue weighted by Crippen LogP contribution is 2.21. The molecule has 17 heavy (non-hydrogen) atoms. The van der Waals surface area contributed by atoms with Crippen LogP contribution in [-0.2, 0) is 0 Å². The number of carbonyl (C=O) groups excluding carboxylic acids is 1. The number of fused-ring (bicyclic) bond motifs is 1. The predicted molar refractivity (Wildman–Crippen MR) is 66.6 cm³/mol. The van der Waals surface area contributed by atoms with Crippen molar-refractivity contribution in [3.8, 4) is 0 Å². The third kappa shape index (κ3) is 1.93. The van der Waals surface area contributed by atoms with E-state index in [1.807, 2.05) is 18.2 Å². The number of hydrogen-bond donors (Lipinski definition) is 2. The molecule has 1 saturated carbocycles. The maximum absolute atomic E-state index is 11.8. The fourth-order valence-electron chi connectivity index (χ4n) is 1.78. The summed E-state index contributed by atoms with van der Waals surface area (Å²) in [6, 6.07) is 9.55. The molecule has 2 aromatic rings. The summed E-state index contributed by atoms with van der Waals surface area (Å²) in [6.07, 6.45) is 2.14. The molecule has 4 heteroatoms. The summed E-state index contributed by atoms with van der Waals surface area (Å²) in [4.78, 5) is 16.2. The number of nitrogens with zero attached hydrogens (tertiary/aromatic N) is 1. The number of nitrogen functional groups attached to an aromatic ring is 1. The quantitative estimate of drug-likeness (QED) is 0.767. The van der Waals surface area contributed by atoms with E-state index in [0.717, 1.165) is 18.2 Å². The second kappa shape index (κ2) is 3.73. The standard InChI is InChI=1S/C13H13N3O/c14-10-3-1-2-8-4-7-11(16-12(8)10)13(17)15-9-5-6-9/h1-4,7,9H,5-6,14H2,(H,15,17). The molecule has 0 radical (unpaired) electrons. The summed E-state index contributed by atoms with van der Waals surface area (Å²) in [6.45, 7) is 0. The third-order valence-electron chi connectivity index (χ3n) is 2.90. The predicted octanol–water partition coefficient (Wildman–Crippen LogP) is 1.71. The summed E-state index contributed by atoms with van der Waals surface area (Å²) in [5.41, 5.74) is 7.57. The van der Waals surface area contributed by atoms with E-state index in [4.69, 9.17) is 5.73 Å². The molecule has 1 aliphatic carbocycles. The van der Waals surface area contributed by atoms with Crippen LogP contribution in [0.4, 0.5) is 5.69 Å². The molecule has 0 aliphatic heterocycles. The van der Waals surface area contributed by atoms with Gasteiger partial charge in [0.15, 0.2) is 0 Å². The Morgan fingerprint density at radius 2 is 2.12 bits per heavy atom. The molecule has 3 N–H and O–H groups in total. The van der Waals surface area contributed by atoms with Crippen molar-refractivity contribution in [2.75, 3.05) is 5.73 Å². The maximum Gasteiger partial charge on any atom is 0.270 e. The van der Waals surface area contributed by atoms with Crippen molar-refractivity contribution in [1.29, 1.82) is 0 Å². The van der Waals surface area contributed by atoms with Crippen molar-refractivity contribution in [3.05, 3.63) is 36.0 Å². The van der Waals surface area contributed by atoms with Crippen LogP contribution in [0.5, 0.6) is 0 Å². The first-order chi connectivity index (χ1) is 8.24. The molecule has 3 rings (SSSR count). The van der Waals surface area contributed by atoms with E-state index in [9.17, 15) is 4.79 Å². The zero-order valence-corrected chi connectivity index (χ0v) is 9.31. The number of carbonyl (C=O) groups is 1. The van der Waals surface area contributed by atoms with E-state index in [1.54, 1.807) is 12.1 Å². The summed E-state index contributed by atoms with van der Waals surface area (Å²) >= 11 is 0. The minimum Gasteiger partial charge on any atom is -0.397 e. The minimum atomic E-state index is -0.113. The Hall–Kier alpha value is -2.10. The van der Waals surface area contributed by atoms with E-state index < -0.39 is 0 Å². The zero-order chi connectivity index (χ0) is 11.8. The highest BCUT2D eigenvalue weighted by Gasteiger charge is 2.24. The van der Waals surface area contributed by atoms with Gasteiger partial charge in [-0.05, 0) is 25.0 Å². The van der Waals surface area contributed by atoms with Crippen LogP contribution in [0.3, 0.4) is 0 Å². The molecule has 1 fully saturated rings. The number of amides is 1. The van der Waals surface area contributed by atoms with Gasteiger partial charge in [0.1, 0.15) is 5.69 Å². The molecule has 1 heterocycles. The average Bonchev–Trinajstić information content (AvgIpc) is 3.13. The van der Waals surface area contributed by atoms with Crippen LogP contribution in [0.2, 0.25) is 0 Å². The Morgan fingerprint density at radius 1 is 1.29 bits per heavy atom. The number of aromatic nitrogens is 1. The fourth-order valence-corrected chi connectivity index (χ4v) is 1.78. The Kier molecular flexibility index (Phi) is 2.21. The smallest absolute Gasteiger partial charge is 0.270 e. The molecule has 1 amide bonds. The van der Waals surface area contributed by atoms with Gasteiger partial charge in [0.25, 0.3) is 5.91 Å². The van der Waals surface area contributed by atoms with Gasteiger partial charge in [-0.15, -0.1) is 0 Å². The van der Waals surface area contributed by atoms with Crippen LogP contribution in [0, 0.1) is 0 Å². The monoisotopic (exact) mass is 227 g/mol. The highest BCUT2D eigenvalue weighted by molar-refractivity contribution is 5.97. The van der Waals surface area contributed by atoms with Gasteiger partial charge >= 0.3 is 0 Å². The van der Waals surface area contributed by atoms with E-state index in [1.165, 1.54) is 0 Å². The van der Waals surface area contributed by atoms with Crippen molar-refractivity contribution in [2.24, 2.45) is 0 Å². The molecule has 0 atom stereocenters. The number of nitrogens with one attached hydrogen (secondary N) is 1. The average molecular weight is 227 g/mol. The van der Waals surface area contributed by atoms with Gasteiger partial charge in [0.2, 0.25) is 0 Å². The molecule has 4 nitrogen and oxygen atoms in total. The Bertz CT molecular complexity index is 590. The van der Waals surface area contributed by atoms with Crippen molar-refractivity contribution in [2.45, 2.75) is 18.9 Å². The lowest BCUT2D eigenvalue weighted by Crippen LogP contribution is -2.26. The molecule has 86 valence electrons. The van der Waals surface area contributed by atoms with Crippen molar-refractivity contribution in [1.82, 2.24) is 10.3 Å². The van der Waals surface area contributed by atoms with E-state index >= 15 is 0 Å². The molecule has 0 unspecified atom stereocenters. The number of para-hydroxylation sites is 1. The molecule has 0 spiro atoms. The number of rotatable bonds is 2. The van der Waals surface area contributed by atoms with Crippen molar-refractivity contribution < 1.29 is 4.79 Å². The molecule has 1 aromatic heterocycles. The van der Waals surface area contributed by atoms with Crippen LogP contribution in [0.1, 0.15) is 23.3 Å². The molecular weight excluding hydrogens is 214 g/mol. The summed E-state index contributed by atoms with van der Waals surface area (Å²) in [5, 5.41) is 3.86. The van der Waals surface area contributed by atoms with E-state index in [0.29, 0.717) is 22.9 Å². The topological polar surface area (TPSA) is 68.0 Å². The minimum absolute atomic E-state index is 0.113. The van der Waals surface area contributed by atoms with Crippen molar-refractivity contribution in [3.63, 3.8) is 0 Å². The number of hydrogen-bond acceptors (Lipinski definition) is 3. The summed E-state index contributed by atoms with van der Waals surface area (Å²) in [7, 11) is 0.